The average Bonchev–Trinajstić information content (AvgIpc) is 3.29. The molecule has 7 nitrogen and oxygen atoms in total. The standard InChI is InChI=1S/C25H36F2N4O3/c1-4-18(14-29-3)15-30-10-8-19(7-9-28-2)6-5-11-33-20-12-22(26)24(23(27)13-20)25-31-16-21(17-32)34-25/h12-15,19,21,28,32H,3-11,16-17H2,1-2H3/b18-14-,30-15-. The molecule has 2 atom stereocenters. The lowest BCUT2D eigenvalue weighted by atomic mass is 9.96. The van der Waals surface area contributed by atoms with E-state index in [1.165, 1.54) is 0 Å². The van der Waals surface area contributed by atoms with Gasteiger partial charge in [0, 0.05) is 31.1 Å². The number of ether oxygens (including phenoxy) is 2. The Morgan fingerprint density at radius 1 is 1.35 bits per heavy atom. The number of hydrogen-bond donors (Lipinski definition) is 2. The van der Waals surface area contributed by atoms with Crippen LogP contribution in [0.3, 0.4) is 0 Å². The number of aliphatic imine (C=N–C) groups is 3. The van der Waals surface area contributed by atoms with E-state index in [1.54, 1.807) is 6.20 Å². The van der Waals surface area contributed by atoms with E-state index in [0.29, 0.717) is 12.5 Å². The predicted molar refractivity (Wildman–Crippen MR) is 132 cm³/mol. The van der Waals surface area contributed by atoms with E-state index in [1.807, 2.05) is 20.2 Å². The van der Waals surface area contributed by atoms with E-state index in [0.717, 1.165) is 62.9 Å². The molecule has 0 radical (unpaired) electrons. The molecule has 0 amide bonds. The predicted octanol–water partition coefficient (Wildman–Crippen LogP) is 3.94. The minimum atomic E-state index is -0.802. The zero-order chi connectivity index (χ0) is 24.8. The Bertz CT molecular complexity index is 851. The van der Waals surface area contributed by atoms with Gasteiger partial charge in [0.05, 0.1) is 19.8 Å². The molecule has 188 valence electrons. The van der Waals surface area contributed by atoms with Crippen molar-refractivity contribution >= 4 is 18.8 Å². The van der Waals surface area contributed by atoms with Gasteiger partial charge in [-0.3, -0.25) is 9.98 Å². The maximum Gasteiger partial charge on any atom is 0.222 e. The topological polar surface area (TPSA) is 87.8 Å². The van der Waals surface area contributed by atoms with Gasteiger partial charge < -0.3 is 19.9 Å². The van der Waals surface area contributed by atoms with Crippen molar-refractivity contribution in [2.24, 2.45) is 20.9 Å². The molecule has 2 N–H and O–H groups in total. The maximum absolute atomic E-state index is 14.5. The highest BCUT2D eigenvalue weighted by Gasteiger charge is 2.26. The molecule has 0 aliphatic carbocycles. The van der Waals surface area contributed by atoms with Crippen molar-refractivity contribution in [2.75, 3.05) is 39.9 Å². The van der Waals surface area contributed by atoms with Crippen LogP contribution in [0.4, 0.5) is 8.78 Å². The van der Waals surface area contributed by atoms with E-state index in [4.69, 9.17) is 14.6 Å². The Hall–Kier alpha value is -2.65. The third kappa shape index (κ3) is 8.95. The van der Waals surface area contributed by atoms with Crippen LogP contribution in [0.5, 0.6) is 5.75 Å². The van der Waals surface area contributed by atoms with Gasteiger partial charge in [0.15, 0.2) is 0 Å². The number of aliphatic hydroxyl groups excluding tert-OH is 1. The van der Waals surface area contributed by atoms with Crippen molar-refractivity contribution in [3.63, 3.8) is 0 Å². The Balaban J connectivity index is 1.83. The van der Waals surface area contributed by atoms with E-state index in [9.17, 15) is 8.78 Å². The highest BCUT2D eigenvalue weighted by molar-refractivity contribution is 5.95. The smallest absolute Gasteiger partial charge is 0.222 e. The summed E-state index contributed by atoms with van der Waals surface area (Å²) in [6.45, 7) is 7.43. The number of aliphatic hydroxyl groups is 1. The normalized spacial score (nSPS) is 17.0. The first kappa shape index (κ1) is 27.6. The zero-order valence-electron chi connectivity index (χ0n) is 20.1. The quantitative estimate of drug-likeness (QED) is 0.278. The molecule has 2 unspecified atom stereocenters. The minimum absolute atomic E-state index is 0.127. The first-order chi connectivity index (χ1) is 16.5. The minimum Gasteiger partial charge on any atom is -0.493 e. The summed E-state index contributed by atoms with van der Waals surface area (Å²) in [4.78, 5) is 12.3. The molecule has 0 spiro atoms. The highest BCUT2D eigenvalue weighted by atomic mass is 19.1. The van der Waals surface area contributed by atoms with E-state index < -0.39 is 17.7 Å². The van der Waals surface area contributed by atoms with Crippen LogP contribution in [0.1, 0.15) is 44.6 Å². The van der Waals surface area contributed by atoms with E-state index in [-0.39, 0.29) is 30.4 Å². The van der Waals surface area contributed by atoms with Gasteiger partial charge in [-0.25, -0.2) is 13.8 Å². The van der Waals surface area contributed by atoms with Crippen molar-refractivity contribution < 1.29 is 23.4 Å². The lowest BCUT2D eigenvalue weighted by molar-refractivity contribution is 0.129. The largest absolute Gasteiger partial charge is 0.493 e. The number of benzene rings is 1. The molecule has 34 heavy (non-hydrogen) atoms. The lowest BCUT2D eigenvalue weighted by Crippen LogP contribution is -2.19. The Kier molecular flexibility index (Phi) is 12.4. The second kappa shape index (κ2) is 15.3. The summed E-state index contributed by atoms with van der Waals surface area (Å²) in [6, 6.07) is 2.28. The third-order valence-corrected chi connectivity index (χ3v) is 5.57. The second-order valence-electron chi connectivity index (χ2n) is 8.14. The van der Waals surface area contributed by atoms with Gasteiger partial charge >= 0.3 is 0 Å². The average molecular weight is 479 g/mol. The molecule has 1 aliphatic heterocycles. The van der Waals surface area contributed by atoms with Crippen molar-refractivity contribution in [1.82, 2.24) is 5.32 Å². The van der Waals surface area contributed by atoms with Crippen molar-refractivity contribution in [1.29, 1.82) is 0 Å². The van der Waals surface area contributed by atoms with Crippen molar-refractivity contribution in [2.45, 2.75) is 45.1 Å². The summed E-state index contributed by atoms with van der Waals surface area (Å²) in [6.07, 6.45) is 7.52. The van der Waals surface area contributed by atoms with Gasteiger partial charge in [-0.1, -0.05) is 6.92 Å². The number of nitrogens with zero attached hydrogens (tertiary/aromatic N) is 3. The van der Waals surface area contributed by atoms with Crippen LogP contribution in [-0.2, 0) is 4.74 Å². The summed E-state index contributed by atoms with van der Waals surface area (Å²) in [5.41, 5.74) is 0.710. The molecule has 1 aliphatic rings. The number of rotatable bonds is 16. The second-order valence-corrected chi connectivity index (χ2v) is 8.14. The van der Waals surface area contributed by atoms with Gasteiger partial charge in [-0.2, -0.15) is 0 Å². The van der Waals surface area contributed by atoms with E-state index in [2.05, 4.69) is 27.0 Å². The van der Waals surface area contributed by atoms with Crippen LogP contribution in [0.25, 0.3) is 0 Å². The van der Waals surface area contributed by atoms with Crippen LogP contribution in [0.15, 0.2) is 38.9 Å². The Morgan fingerprint density at radius 2 is 2.12 bits per heavy atom. The molecule has 0 saturated carbocycles. The molecule has 0 fully saturated rings. The maximum atomic E-state index is 14.5. The molecular weight excluding hydrogens is 442 g/mol. The Morgan fingerprint density at radius 3 is 2.74 bits per heavy atom. The van der Waals surface area contributed by atoms with Crippen LogP contribution in [-0.4, -0.2) is 69.9 Å². The van der Waals surface area contributed by atoms with Crippen LogP contribution >= 0.6 is 0 Å². The van der Waals surface area contributed by atoms with Crippen LogP contribution in [0.2, 0.25) is 0 Å². The SMILES string of the molecule is C=N/C=C(\C=N/CCC(CCCOc1cc(F)c(C2=NCC(CO)O2)c(F)c1)CCNC)CC. The first-order valence-corrected chi connectivity index (χ1v) is 11.8. The van der Waals surface area contributed by atoms with Crippen molar-refractivity contribution in [3.8, 4) is 5.75 Å². The molecule has 0 saturated heterocycles. The third-order valence-electron chi connectivity index (χ3n) is 5.57. The highest BCUT2D eigenvalue weighted by Crippen LogP contribution is 2.25. The number of allylic oxidation sites excluding steroid dienone is 1. The van der Waals surface area contributed by atoms with Gasteiger partial charge in [-0.05, 0) is 63.9 Å². The first-order valence-electron chi connectivity index (χ1n) is 11.8. The van der Waals surface area contributed by atoms with Crippen LogP contribution in [0, 0.1) is 17.6 Å². The molecular formula is C25H36F2N4O3. The van der Waals surface area contributed by atoms with Gasteiger partial charge in [-0.15, -0.1) is 0 Å². The zero-order valence-corrected chi connectivity index (χ0v) is 20.1. The van der Waals surface area contributed by atoms with E-state index >= 15 is 0 Å². The fraction of sp³-hybridized carbons (Fsp3) is 0.560. The summed E-state index contributed by atoms with van der Waals surface area (Å²) in [5, 5.41) is 12.3. The molecule has 2 rings (SSSR count). The molecule has 1 aromatic carbocycles. The van der Waals surface area contributed by atoms with Crippen molar-refractivity contribution in [3.05, 3.63) is 41.1 Å². The summed E-state index contributed by atoms with van der Waals surface area (Å²) in [7, 11) is 1.93. The molecule has 1 heterocycles. The number of halogens is 2. The molecule has 1 aromatic rings. The number of hydrogen-bond acceptors (Lipinski definition) is 7. The monoisotopic (exact) mass is 478 g/mol. The van der Waals surface area contributed by atoms with Crippen LogP contribution < -0.4 is 10.1 Å². The molecule has 0 aromatic heterocycles. The molecule has 9 heteroatoms. The fourth-order valence-electron chi connectivity index (χ4n) is 3.60. The lowest BCUT2D eigenvalue weighted by Gasteiger charge is -2.16. The molecule has 0 bridgehead atoms. The fourth-order valence-corrected chi connectivity index (χ4v) is 3.60. The van der Waals surface area contributed by atoms with Gasteiger partial charge in [0.25, 0.3) is 0 Å². The number of nitrogens with one attached hydrogen (secondary N) is 1. The summed E-state index contributed by atoms with van der Waals surface area (Å²) >= 11 is 0. The summed E-state index contributed by atoms with van der Waals surface area (Å²) < 4.78 is 39.9. The summed E-state index contributed by atoms with van der Waals surface area (Å²) in [5.74, 6) is -1.14. The van der Waals surface area contributed by atoms with Gasteiger partial charge in [0.1, 0.15) is 29.1 Å². The van der Waals surface area contributed by atoms with Gasteiger partial charge in [0.2, 0.25) is 5.90 Å². The Labute approximate surface area is 200 Å².